The first-order chi connectivity index (χ1) is 6.27. The number of nitrogens with two attached hydrogens (primary N) is 1. The largest absolute Gasteiger partial charge is 0.330 e. The zero-order chi connectivity index (χ0) is 9.68. The quantitative estimate of drug-likeness (QED) is 0.722. The van der Waals surface area contributed by atoms with Gasteiger partial charge < -0.3 is 10.6 Å². The van der Waals surface area contributed by atoms with Crippen LogP contribution in [0.5, 0.6) is 0 Å². The monoisotopic (exact) mass is 184 g/mol. The minimum Gasteiger partial charge on any atom is -0.330 e. The molecule has 1 saturated heterocycles. The van der Waals surface area contributed by atoms with Crippen molar-refractivity contribution in [2.75, 3.05) is 19.6 Å². The van der Waals surface area contributed by atoms with E-state index in [0.29, 0.717) is 0 Å². The molecule has 0 aliphatic carbocycles. The fourth-order valence-corrected chi connectivity index (χ4v) is 2.18. The van der Waals surface area contributed by atoms with Crippen molar-refractivity contribution >= 4 is 0 Å². The summed E-state index contributed by atoms with van der Waals surface area (Å²) in [6.07, 6.45) is 5.24. The van der Waals surface area contributed by atoms with Crippen LogP contribution in [0.2, 0.25) is 0 Å². The van der Waals surface area contributed by atoms with Crippen molar-refractivity contribution in [3.63, 3.8) is 0 Å². The molecule has 0 saturated carbocycles. The number of nitrogens with zero attached hydrogens (tertiary/aromatic N) is 1. The molecule has 0 amide bonds. The van der Waals surface area contributed by atoms with Crippen LogP contribution in [-0.4, -0.2) is 30.6 Å². The zero-order valence-electron chi connectivity index (χ0n) is 9.13. The Kier molecular flexibility index (Phi) is 4.74. The van der Waals surface area contributed by atoms with Crippen LogP contribution in [0.1, 0.15) is 39.5 Å². The van der Waals surface area contributed by atoms with E-state index in [1.807, 2.05) is 0 Å². The number of rotatable bonds is 4. The molecule has 13 heavy (non-hydrogen) atoms. The van der Waals surface area contributed by atoms with Crippen LogP contribution in [0.25, 0.3) is 0 Å². The van der Waals surface area contributed by atoms with Crippen molar-refractivity contribution in [2.24, 2.45) is 11.7 Å². The first-order valence-corrected chi connectivity index (χ1v) is 5.72. The first-order valence-electron chi connectivity index (χ1n) is 5.72. The Balaban J connectivity index is 2.22. The smallest absolute Gasteiger partial charge is 0.00643 e. The van der Waals surface area contributed by atoms with Gasteiger partial charge in [0.05, 0.1) is 0 Å². The van der Waals surface area contributed by atoms with E-state index >= 15 is 0 Å². The molecule has 2 nitrogen and oxygen atoms in total. The summed E-state index contributed by atoms with van der Waals surface area (Å²) in [4.78, 5) is 2.62. The van der Waals surface area contributed by atoms with Crippen LogP contribution in [-0.2, 0) is 0 Å². The molecule has 1 aliphatic rings. The minimum absolute atomic E-state index is 0.777. The molecule has 2 heteroatoms. The molecule has 78 valence electrons. The van der Waals surface area contributed by atoms with E-state index in [1.54, 1.807) is 0 Å². The number of likely N-dealkylation sites (tertiary alicyclic amines) is 1. The minimum atomic E-state index is 0.777. The molecule has 1 atom stereocenters. The van der Waals surface area contributed by atoms with Gasteiger partial charge in [-0.25, -0.2) is 0 Å². The Morgan fingerprint density at radius 1 is 1.38 bits per heavy atom. The third kappa shape index (κ3) is 3.28. The Bertz CT molecular complexity index is 128. The second-order valence-electron chi connectivity index (χ2n) is 4.31. The molecule has 0 bridgehead atoms. The summed E-state index contributed by atoms with van der Waals surface area (Å²) < 4.78 is 0. The standard InChI is InChI=1S/C11H24N2/c1-3-10(2)13-8-5-11(4-7-12)6-9-13/h10-11H,3-9,12H2,1-2H3. The lowest BCUT2D eigenvalue weighted by Gasteiger charge is -2.35. The van der Waals surface area contributed by atoms with E-state index in [2.05, 4.69) is 18.7 Å². The second-order valence-corrected chi connectivity index (χ2v) is 4.31. The number of piperidine rings is 1. The maximum absolute atomic E-state index is 5.57. The molecule has 1 fully saturated rings. The second kappa shape index (κ2) is 5.61. The average Bonchev–Trinajstić information content (AvgIpc) is 2.18. The van der Waals surface area contributed by atoms with E-state index in [1.165, 1.54) is 38.8 Å². The first kappa shape index (κ1) is 11.0. The Hall–Kier alpha value is -0.0800. The SMILES string of the molecule is CCC(C)N1CCC(CCN)CC1. The summed E-state index contributed by atoms with van der Waals surface area (Å²) in [5.41, 5.74) is 5.57. The number of hydrogen-bond acceptors (Lipinski definition) is 2. The molecule has 0 aromatic rings. The highest BCUT2D eigenvalue weighted by Gasteiger charge is 2.20. The lowest BCUT2D eigenvalue weighted by molar-refractivity contribution is 0.135. The van der Waals surface area contributed by atoms with Gasteiger partial charge >= 0.3 is 0 Å². The summed E-state index contributed by atoms with van der Waals surface area (Å²) >= 11 is 0. The van der Waals surface area contributed by atoms with Gasteiger partial charge in [0, 0.05) is 6.04 Å². The van der Waals surface area contributed by atoms with Gasteiger partial charge in [0.15, 0.2) is 0 Å². The lowest BCUT2D eigenvalue weighted by Crippen LogP contribution is -2.39. The Labute approximate surface area is 82.5 Å². The molecular weight excluding hydrogens is 160 g/mol. The average molecular weight is 184 g/mol. The molecule has 0 aromatic heterocycles. The van der Waals surface area contributed by atoms with Crippen molar-refractivity contribution in [2.45, 2.75) is 45.6 Å². The molecule has 1 unspecified atom stereocenters. The van der Waals surface area contributed by atoms with Gasteiger partial charge in [-0.3, -0.25) is 0 Å². The van der Waals surface area contributed by atoms with Gasteiger partial charge in [-0.05, 0) is 58.2 Å². The van der Waals surface area contributed by atoms with Crippen molar-refractivity contribution in [3.8, 4) is 0 Å². The van der Waals surface area contributed by atoms with E-state index in [0.717, 1.165) is 18.5 Å². The maximum Gasteiger partial charge on any atom is 0.00643 e. The molecule has 0 radical (unpaired) electrons. The lowest BCUT2D eigenvalue weighted by atomic mass is 9.93. The topological polar surface area (TPSA) is 29.3 Å². The van der Waals surface area contributed by atoms with Crippen molar-refractivity contribution in [1.29, 1.82) is 0 Å². The van der Waals surface area contributed by atoms with Crippen LogP contribution in [0.3, 0.4) is 0 Å². The molecular formula is C11H24N2. The zero-order valence-corrected chi connectivity index (χ0v) is 9.13. The van der Waals surface area contributed by atoms with Gasteiger partial charge in [0.25, 0.3) is 0 Å². The Morgan fingerprint density at radius 3 is 2.46 bits per heavy atom. The van der Waals surface area contributed by atoms with E-state index in [-0.39, 0.29) is 0 Å². The summed E-state index contributed by atoms with van der Waals surface area (Å²) in [6.45, 7) is 8.06. The molecule has 1 aliphatic heterocycles. The van der Waals surface area contributed by atoms with Gasteiger partial charge in [0.2, 0.25) is 0 Å². The summed E-state index contributed by atoms with van der Waals surface area (Å²) in [7, 11) is 0. The fraction of sp³-hybridized carbons (Fsp3) is 1.00. The molecule has 2 N–H and O–H groups in total. The Morgan fingerprint density at radius 2 is 2.00 bits per heavy atom. The maximum atomic E-state index is 5.57. The van der Waals surface area contributed by atoms with Gasteiger partial charge in [-0.15, -0.1) is 0 Å². The van der Waals surface area contributed by atoms with Crippen molar-refractivity contribution in [3.05, 3.63) is 0 Å². The van der Waals surface area contributed by atoms with Crippen LogP contribution in [0.15, 0.2) is 0 Å². The van der Waals surface area contributed by atoms with Crippen LogP contribution in [0, 0.1) is 5.92 Å². The summed E-state index contributed by atoms with van der Waals surface area (Å²) in [6, 6.07) is 0.777. The normalized spacial score (nSPS) is 23.3. The van der Waals surface area contributed by atoms with Gasteiger partial charge in [0.1, 0.15) is 0 Å². The summed E-state index contributed by atoms with van der Waals surface area (Å²) in [5, 5.41) is 0. The van der Waals surface area contributed by atoms with Crippen molar-refractivity contribution < 1.29 is 0 Å². The highest BCUT2D eigenvalue weighted by atomic mass is 15.2. The highest BCUT2D eigenvalue weighted by Crippen LogP contribution is 2.21. The van der Waals surface area contributed by atoms with Crippen LogP contribution < -0.4 is 5.73 Å². The van der Waals surface area contributed by atoms with Gasteiger partial charge in [-0.1, -0.05) is 6.92 Å². The molecule has 0 aromatic carbocycles. The third-order valence-electron chi connectivity index (χ3n) is 3.44. The van der Waals surface area contributed by atoms with Crippen molar-refractivity contribution in [1.82, 2.24) is 4.90 Å². The van der Waals surface area contributed by atoms with Crippen LogP contribution >= 0.6 is 0 Å². The molecule has 1 heterocycles. The third-order valence-corrected chi connectivity index (χ3v) is 3.44. The number of hydrogen-bond donors (Lipinski definition) is 1. The van der Waals surface area contributed by atoms with Crippen LogP contribution in [0.4, 0.5) is 0 Å². The summed E-state index contributed by atoms with van der Waals surface area (Å²) in [5.74, 6) is 0.908. The van der Waals surface area contributed by atoms with E-state index in [4.69, 9.17) is 5.73 Å². The highest BCUT2D eigenvalue weighted by molar-refractivity contribution is 4.75. The van der Waals surface area contributed by atoms with E-state index < -0.39 is 0 Å². The predicted molar refractivity (Wildman–Crippen MR) is 57.7 cm³/mol. The van der Waals surface area contributed by atoms with Gasteiger partial charge in [-0.2, -0.15) is 0 Å². The fourth-order valence-electron chi connectivity index (χ4n) is 2.18. The molecule has 0 spiro atoms. The van der Waals surface area contributed by atoms with E-state index in [9.17, 15) is 0 Å². The predicted octanol–water partition coefficient (Wildman–Crippen LogP) is 1.85. The molecule has 1 rings (SSSR count).